The molecule has 0 saturated heterocycles. The van der Waals surface area contributed by atoms with Crippen LogP contribution < -0.4 is 5.32 Å². The van der Waals surface area contributed by atoms with E-state index in [1.807, 2.05) is 6.33 Å². The molecule has 2 aliphatic rings. The number of hydrogen-bond donors (Lipinski definition) is 1. The third kappa shape index (κ3) is 2.99. The summed E-state index contributed by atoms with van der Waals surface area (Å²) in [7, 11) is 2.11. The first-order valence-corrected chi connectivity index (χ1v) is 8.27. The number of aromatic nitrogens is 3. The quantitative estimate of drug-likeness (QED) is 0.904. The fourth-order valence-electron chi connectivity index (χ4n) is 4.04. The van der Waals surface area contributed by atoms with E-state index in [0.29, 0.717) is 17.5 Å². The summed E-state index contributed by atoms with van der Waals surface area (Å²) in [6.45, 7) is 10.3. The predicted molar refractivity (Wildman–Crippen MR) is 83.9 cm³/mol. The highest BCUT2D eigenvalue weighted by atomic mass is 15.3. The summed E-state index contributed by atoms with van der Waals surface area (Å²) < 4.78 is 2.19. The SMILES string of the molecule is CNC1CCC(C(C)(C)C)CC1N1CCn2cnnc2C1. The summed E-state index contributed by atoms with van der Waals surface area (Å²) >= 11 is 0. The summed E-state index contributed by atoms with van der Waals surface area (Å²) in [4.78, 5) is 2.63. The van der Waals surface area contributed by atoms with E-state index in [1.54, 1.807) is 0 Å². The number of fused-ring (bicyclic) bond motifs is 1. The van der Waals surface area contributed by atoms with Gasteiger partial charge in [0.1, 0.15) is 12.2 Å². The van der Waals surface area contributed by atoms with Crippen LogP contribution in [0.1, 0.15) is 45.9 Å². The number of nitrogens with zero attached hydrogens (tertiary/aromatic N) is 4. The van der Waals surface area contributed by atoms with E-state index in [-0.39, 0.29) is 0 Å². The van der Waals surface area contributed by atoms with Gasteiger partial charge in [-0.1, -0.05) is 20.8 Å². The number of nitrogens with one attached hydrogen (secondary N) is 1. The first-order chi connectivity index (χ1) is 9.99. The first kappa shape index (κ1) is 15.0. The highest BCUT2D eigenvalue weighted by Gasteiger charge is 2.39. The van der Waals surface area contributed by atoms with Crippen molar-refractivity contribution in [2.75, 3.05) is 13.6 Å². The molecule has 0 aromatic carbocycles. The molecule has 1 aromatic heterocycles. The standard InChI is InChI=1S/C16H29N5/c1-16(2,3)12-5-6-13(17-4)14(9-12)20-7-8-21-11-18-19-15(21)10-20/h11-14,17H,5-10H2,1-4H3. The molecule has 0 amide bonds. The Morgan fingerprint density at radius 3 is 2.76 bits per heavy atom. The van der Waals surface area contributed by atoms with Gasteiger partial charge in [-0.15, -0.1) is 10.2 Å². The molecule has 1 aliphatic carbocycles. The smallest absolute Gasteiger partial charge is 0.147 e. The van der Waals surface area contributed by atoms with Crippen molar-refractivity contribution in [1.29, 1.82) is 0 Å². The van der Waals surface area contributed by atoms with E-state index in [9.17, 15) is 0 Å². The van der Waals surface area contributed by atoms with Crippen molar-refractivity contribution in [1.82, 2.24) is 25.0 Å². The molecular formula is C16H29N5. The molecule has 1 fully saturated rings. The molecule has 0 radical (unpaired) electrons. The largest absolute Gasteiger partial charge is 0.315 e. The average molecular weight is 291 g/mol. The molecule has 1 aromatic rings. The van der Waals surface area contributed by atoms with Crippen LogP contribution in [0.4, 0.5) is 0 Å². The monoisotopic (exact) mass is 291 g/mol. The van der Waals surface area contributed by atoms with Crippen LogP contribution in [0.15, 0.2) is 6.33 Å². The van der Waals surface area contributed by atoms with Crippen molar-refractivity contribution in [3.05, 3.63) is 12.2 Å². The number of hydrogen-bond acceptors (Lipinski definition) is 4. The molecule has 0 bridgehead atoms. The molecule has 0 spiro atoms. The minimum atomic E-state index is 0.409. The lowest BCUT2D eigenvalue weighted by Gasteiger charge is -2.47. The molecule has 118 valence electrons. The van der Waals surface area contributed by atoms with Crippen LogP contribution in [-0.2, 0) is 13.1 Å². The minimum Gasteiger partial charge on any atom is -0.315 e. The van der Waals surface area contributed by atoms with Gasteiger partial charge in [-0.25, -0.2) is 0 Å². The van der Waals surface area contributed by atoms with E-state index in [4.69, 9.17) is 0 Å². The van der Waals surface area contributed by atoms with Crippen molar-refractivity contribution in [3.8, 4) is 0 Å². The van der Waals surface area contributed by atoms with Crippen molar-refractivity contribution in [2.45, 2.75) is 65.2 Å². The van der Waals surface area contributed by atoms with E-state index in [1.165, 1.54) is 19.3 Å². The lowest BCUT2D eigenvalue weighted by molar-refractivity contribution is 0.0440. The normalized spacial score (nSPS) is 31.1. The van der Waals surface area contributed by atoms with Crippen LogP contribution >= 0.6 is 0 Å². The van der Waals surface area contributed by atoms with Gasteiger partial charge in [0.05, 0.1) is 6.54 Å². The van der Waals surface area contributed by atoms with Gasteiger partial charge in [-0.05, 0) is 37.6 Å². The van der Waals surface area contributed by atoms with Crippen LogP contribution in [0.2, 0.25) is 0 Å². The Morgan fingerprint density at radius 1 is 1.24 bits per heavy atom. The topological polar surface area (TPSA) is 46.0 Å². The van der Waals surface area contributed by atoms with Crippen molar-refractivity contribution >= 4 is 0 Å². The fraction of sp³-hybridized carbons (Fsp3) is 0.875. The minimum absolute atomic E-state index is 0.409. The zero-order chi connectivity index (χ0) is 15.0. The summed E-state index contributed by atoms with van der Waals surface area (Å²) in [5.74, 6) is 1.93. The van der Waals surface area contributed by atoms with Crippen molar-refractivity contribution in [3.63, 3.8) is 0 Å². The number of rotatable bonds is 2. The highest BCUT2D eigenvalue weighted by molar-refractivity contribution is 4.98. The van der Waals surface area contributed by atoms with E-state index >= 15 is 0 Å². The van der Waals surface area contributed by atoms with Crippen LogP contribution in [0.3, 0.4) is 0 Å². The maximum Gasteiger partial charge on any atom is 0.147 e. The van der Waals surface area contributed by atoms with Crippen LogP contribution in [0.25, 0.3) is 0 Å². The Morgan fingerprint density at radius 2 is 2.05 bits per heavy atom. The molecule has 3 rings (SSSR count). The molecule has 5 nitrogen and oxygen atoms in total. The van der Waals surface area contributed by atoms with E-state index in [0.717, 1.165) is 31.4 Å². The fourth-order valence-corrected chi connectivity index (χ4v) is 4.04. The van der Waals surface area contributed by atoms with Crippen LogP contribution in [0, 0.1) is 11.3 Å². The second-order valence-corrected chi connectivity index (χ2v) is 7.75. The molecule has 3 atom stereocenters. The Bertz CT molecular complexity index is 475. The van der Waals surface area contributed by atoms with Gasteiger partial charge < -0.3 is 9.88 Å². The maximum absolute atomic E-state index is 4.27. The zero-order valence-corrected chi connectivity index (χ0v) is 13.8. The van der Waals surface area contributed by atoms with Crippen LogP contribution in [0.5, 0.6) is 0 Å². The summed E-state index contributed by atoms with van der Waals surface area (Å²) in [6.07, 6.45) is 5.78. The molecule has 1 saturated carbocycles. The average Bonchev–Trinajstić information content (AvgIpc) is 2.93. The molecule has 21 heavy (non-hydrogen) atoms. The van der Waals surface area contributed by atoms with E-state index in [2.05, 4.69) is 52.8 Å². The zero-order valence-electron chi connectivity index (χ0n) is 13.8. The molecule has 2 heterocycles. The molecule has 5 heteroatoms. The maximum atomic E-state index is 4.27. The second-order valence-electron chi connectivity index (χ2n) is 7.75. The highest BCUT2D eigenvalue weighted by Crippen LogP contribution is 2.39. The Balaban J connectivity index is 1.75. The van der Waals surface area contributed by atoms with Crippen LogP contribution in [-0.4, -0.2) is 45.3 Å². The molecule has 1 N–H and O–H groups in total. The van der Waals surface area contributed by atoms with Crippen molar-refractivity contribution < 1.29 is 0 Å². The Labute approximate surface area is 128 Å². The summed E-state index contributed by atoms with van der Waals surface area (Å²) in [5.41, 5.74) is 0.409. The van der Waals surface area contributed by atoms with Gasteiger partial charge >= 0.3 is 0 Å². The lowest BCUT2D eigenvalue weighted by atomic mass is 9.69. The van der Waals surface area contributed by atoms with Gasteiger partial charge in [0.25, 0.3) is 0 Å². The Kier molecular flexibility index (Phi) is 4.06. The molecule has 3 unspecified atom stereocenters. The van der Waals surface area contributed by atoms with E-state index < -0.39 is 0 Å². The van der Waals surface area contributed by atoms with Gasteiger partial charge in [0.2, 0.25) is 0 Å². The molecule has 1 aliphatic heterocycles. The van der Waals surface area contributed by atoms with Crippen molar-refractivity contribution in [2.24, 2.45) is 11.3 Å². The van der Waals surface area contributed by atoms with Gasteiger partial charge in [-0.3, -0.25) is 4.90 Å². The van der Waals surface area contributed by atoms with Gasteiger partial charge in [-0.2, -0.15) is 0 Å². The first-order valence-electron chi connectivity index (χ1n) is 8.27. The third-order valence-corrected chi connectivity index (χ3v) is 5.55. The number of likely N-dealkylation sites (N-methyl/N-ethyl adjacent to an activating group) is 1. The predicted octanol–water partition coefficient (Wildman–Crippen LogP) is 1.90. The summed E-state index contributed by atoms with van der Waals surface area (Å²) in [5, 5.41) is 11.9. The molecular weight excluding hydrogens is 262 g/mol. The second kappa shape index (κ2) is 5.69. The third-order valence-electron chi connectivity index (χ3n) is 5.55. The van der Waals surface area contributed by atoms with Gasteiger partial charge in [0.15, 0.2) is 0 Å². The lowest BCUT2D eigenvalue weighted by Crippen LogP contribution is -2.55. The summed E-state index contributed by atoms with van der Waals surface area (Å²) in [6, 6.07) is 1.23. The van der Waals surface area contributed by atoms with Gasteiger partial charge in [0, 0.05) is 25.2 Å². The Hall–Kier alpha value is -0.940.